The molecule has 0 amide bonds. The molecule has 1 atom stereocenters. The van der Waals surface area contributed by atoms with E-state index in [0.717, 1.165) is 11.0 Å². The molecule has 2 rings (SSSR count). The Morgan fingerprint density at radius 3 is 2.81 bits per heavy atom. The van der Waals surface area contributed by atoms with Crippen LogP contribution in [0.3, 0.4) is 0 Å². The van der Waals surface area contributed by atoms with Crippen LogP contribution in [0.4, 0.5) is 5.95 Å². The Labute approximate surface area is 92.7 Å². The van der Waals surface area contributed by atoms with Crippen molar-refractivity contribution in [2.24, 2.45) is 7.05 Å². The van der Waals surface area contributed by atoms with Crippen LogP contribution in [0.15, 0.2) is 24.3 Å². The van der Waals surface area contributed by atoms with Crippen LogP contribution in [0.2, 0.25) is 0 Å². The Kier molecular flexibility index (Phi) is 2.52. The monoisotopic (exact) mass is 219 g/mol. The van der Waals surface area contributed by atoms with Crippen molar-refractivity contribution in [2.75, 3.05) is 5.32 Å². The molecule has 2 N–H and O–H groups in total. The summed E-state index contributed by atoms with van der Waals surface area (Å²) in [5, 5.41) is 11.7. The highest BCUT2D eigenvalue weighted by atomic mass is 16.4. The summed E-state index contributed by atoms with van der Waals surface area (Å²) < 4.78 is 1.84. The molecule has 0 saturated heterocycles. The number of hydrogen-bond donors (Lipinski definition) is 2. The van der Waals surface area contributed by atoms with E-state index in [4.69, 9.17) is 5.11 Å². The first-order valence-corrected chi connectivity index (χ1v) is 5.00. The molecule has 1 heterocycles. The van der Waals surface area contributed by atoms with Gasteiger partial charge in [0.05, 0.1) is 11.0 Å². The van der Waals surface area contributed by atoms with Crippen LogP contribution in [0.5, 0.6) is 0 Å². The summed E-state index contributed by atoms with van der Waals surface area (Å²) >= 11 is 0. The molecule has 0 spiro atoms. The molecule has 0 aliphatic carbocycles. The number of fused-ring (bicyclic) bond motifs is 1. The third kappa shape index (κ3) is 1.71. The maximum absolute atomic E-state index is 10.7. The third-order valence-electron chi connectivity index (χ3n) is 2.50. The Hall–Kier alpha value is -2.04. The molecule has 0 aliphatic heterocycles. The van der Waals surface area contributed by atoms with Crippen molar-refractivity contribution in [3.63, 3.8) is 0 Å². The lowest BCUT2D eigenvalue weighted by molar-refractivity contribution is -0.137. The lowest BCUT2D eigenvalue weighted by Gasteiger charge is -2.09. The third-order valence-corrected chi connectivity index (χ3v) is 2.50. The summed E-state index contributed by atoms with van der Waals surface area (Å²) in [7, 11) is 1.85. The number of aliphatic carboxylic acids is 1. The fraction of sp³-hybridized carbons (Fsp3) is 0.273. The standard InChI is InChI=1S/C11H13N3O2/c1-7(10(15)16)12-11-13-8-5-3-4-6-9(8)14(11)2/h3-7H,1-2H3,(H,12,13)(H,15,16)/t7-/m0/s1. The highest BCUT2D eigenvalue weighted by Gasteiger charge is 2.14. The average molecular weight is 219 g/mol. The van der Waals surface area contributed by atoms with Crippen LogP contribution in [0.1, 0.15) is 6.92 Å². The number of imidazole rings is 1. The van der Waals surface area contributed by atoms with Crippen molar-refractivity contribution >= 4 is 23.0 Å². The van der Waals surface area contributed by atoms with Crippen molar-refractivity contribution in [1.82, 2.24) is 9.55 Å². The van der Waals surface area contributed by atoms with Gasteiger partial charge in [-0.15, -0.1) is 0 Å². The molecule has 0 radical (unpaired) electrons. The van der Waals surface area contributed by atoms with Crippen LogP contribution in [-0.4, -0.2) is 26.7 Å². The van der Waals surface area contributed by atoms with E-state index in [1.54, 1.807) is 6.92 Å². The van der Waals surface area contributed by atoms with E-state index >= 15 is 0 Å². The largest absolute Gasteiger partial charge is 0.480 e. The highest BCUT2D eigenvalue weighted by molar-refractivity contribution is 5.80. The van der Waals surface area contributed by atoms with Crippen molar-refractivity contribution < 1.29 is 9.90 Å². The van der Waals surface area contributed by atoms with E-state index in [9.17, 15) is 4.79 Å². The van der Waals surface area contributed by atoms with E-state index in [-0.39, 0.29) is 0 Å². The second kappa shape index (κ2) is 3.84. The number of nitrogens with one attached hydrogen (secondary N) is 1. The molecule has 1 aromatic carbocycles. The Balaban J connectivity index is 2.38. The molecule has 16 heavy (non-hydrogen) atoms. The van der Waals surface area contributed by atoms with Crippen molar-refractivity contribution in [2.45, 2.75) is 13.0 Å². The molecule has 0 bridgehead atoms. The maximum atomic E-state index is 10.7. The minimum atomic E-state index is -0.896. The number of para-hydroxylation sites is 2. The zero-order chi connectivity index (χ0) is 11.7. The molecule has 0 saturated carbocycles. The molecule has 2 aromatic rings. The van der Waals surface area contributed by atoms with E-state index in [1.807, 2.05) is 35.9 Å². The summed E-state index contributed by atoms with van der Waals surface area (Å²) in [6.07, 6.45) is 0. The van der Waals surface area contributed by atoms with Crippen molar-refractivity contribution in [3.05, 3.63) is 24.3 Å². The number of carboxylic acid groups (broad SMARTS) is 1. The lowest BCUT2D eigenvalue weighted by Crippen LogP contribution is -2.26. The van der Waals surface area contributed by atoms with Gasteiger partial charge in [0, 0.05) is 7.05 Å². The van der Waals surface area contributed by atoms with Crippen LogP contribution in [-0.2, 0) is 11.8 Å². The topological polar surface area (TPSA) is 67.2 Å². The zero-order valence-electron chi connectivity index (χ0n) is 9.14. The minimum Gasteiger partial charge on any atom is -0.480 e. The van der Waals surface area contributed by atoms with Gasteiger partial charge in [0.1, 0.15) is 6.04 Å². The molecule has 1 aromatic heterocycles. The number of carboxylic acids is 1. The first-order chi connectivity index (χ1) is 7.59. The van der Waals surface area contributed by atoms with Gasteiger partial charge in [0.15, 0.2) is 0 Å². The van der Waals surface area contributed by atoms with Crippen molar-refractivity contribution in [1.29, 1.82) is 0 Å². The molecule has 0 aliphatic rings. The van der Waals surface area contributed by atoms with Crippen LogP contribution >= 0.6 is 0 Å². The zero-order valence-corrected chi connectivity index (χ0v) is 9.14. The second-order valence-electron chi connectivity index (χ2n) is 3.69. The highest BCUT2D eigenvalue weighted by Crippen LogP contribution is 2.17. The predicted octanol–water partition coefficient (Wildman–Crippen LogP) is 1.46. The Bertz CT molecular complexity index is 533. The molecule has 5 nitrogen and oxygen atoms in total. The molecular formula is C11H13N3O2. The van der Waals surface area contributed by atoms with Crippen LogP contribution in [0.25, 0.3) is 11.0 Å². The van der Waals surface area contributed by atoms with Gasteiger partial charge in [-0.2, -0.15) is 0 Å². The van der Waals surface area contributed by atoms with Crippen LogP contribution in [0, 0.1) is 0 Å². The second-order valence-corrected chi connectivity index (χ2v) is 3.69. The Morgan fingerprint density at radius 1 is 1.50 bits per heavy atom. The van der Waals surface area contributed by atoms with E-state index in [0.29, 0.717) is 5.95 Å². The smallest absolute Gasteiger partial charge is 0.325 e. The number of nitrogens with zero attached hydrogens (tertiary/aromatic N) is 2. The average Bonchev–Trinajstić information content (AvgIpc) is 2.56. The summed E-state index contributed by atoms with van der Waals surface area (Å²) in [6, 6.07) is 7.01. The van der Waals surface area contributed by atoms with Gasteiger partial charge in [-0.1, -0.05) is 12.1 Å². The van der Waals surface area contributed by atoms with Crippen LogP contribution < -0.4 is 5.32 Å². The van der Waals surface area contributed by atoms with Gasteiger partial charge in [0.2, 0.25) is 5.95 Å². The molecular weight excluding hydrogens is 206 g/mol. The fourth-order valence-corrected chi connectivity index (χ4v) is 1.53. The van der Waals surface area contributed by atoms with E-state index < -0.39 is 12.0 Å². The van der Waals surface area contributed by atoms with E-state index in [1.165, 1.54) is 0 Å². The maximum Gasteiger partial charge on any atom is 0.325 e. The SMILES string of the molecule is C[C@H](Nc1nc2ccccc2n1C)C(=O)O. The quantitative estimate of drug-likeness (QED) is 0.820. The summed E-state index contributed by atoms with van der Waals surface area (Å²) in [6.45, 7) is 1.58. The number of anilines is 1. The first kappa shape index (κ1) is 10.5. The van der Waals surface area contributed by atoms with Crippen molar-refractivity contribution in [3.8, 4) is 0 Å². The van der Waals surface area contributed by atoms with Gasteiger partial charge in [0.25, 0.3) is 0 Å². The minimum absolute atomic E-state index is 0.566. The van der Waals surface area contributed by atoms with E-state index in [2.05, 4.69) is 10.3 Å². The number of aryl methyl sites for hydroxylation is 1. The molecule has 5 heteroatoms. The molecule has 0 fully saturated rings. The first-order valence-electron chi connectivity index (χ1n) is 5.00. The summed E-state index contributed by atoms with van der Waals surface area (Å²) in [5.74, 6) is -0.330. The summed E-state index contributed by atoms with van der Waals surface area (Å²) in [4.78, 5) is 15.1. The number of carbonyl (C=O) groups is 1. The Morgan fingerprint density at radius 2 is 2.19 bits per heavy atom. The van der Waals surface area contributed by atoms with Gasteiger partial charge in [-0.25, -0.2) is 4.98 Å². The number of aromatic nitrogens is 2. The summed E-state index contributed by atoms with van der Waals surface area (Å²) in [5.41, 5.74) is 1.83. The number of rotatable bonds is 3. The molecule has 84 valence electrons. The normalized spacial score (nSPS) is 12.6. The van der Waals surface area contributed by atoms with Gasteiger partial charge in [-0.3, -0.25) is 4.79 Å². The predicted molar refractivity (Wildman–Crippen MR) is 61.4 cm³/mol. The molecule has 0 unspecified atom stereocenters. The van der Waals surface area contributed by atoms with Gasteiger partial charge >= 0.3 is 5.97 Å². The fourth-order valence-electron chi connectivity index (χ4n) is 1.53. The van der Waals surface area contributed by atoms with Gasteiger partial charge < -0.3 is 15.0 Å². The lowest BCUT2D eigenvalue weighted by atomic mass is 10.3. The number of hydrogen-bond acceptors (Lipinski definition) is 3. The number of benzene rings is 1. The van der Waals surface area contributed by atoms with Gasteiger partial charge in [-0.05, 0) is 19.1 Å².